The number of hydrogen-bond acceptors (Lipinski definition) is 2. The van der Waals surface area contributed by atoms with Crippen molar-refractivity contribution in [1.29, 1.82) is 0 Å². The monoisotopic (exact) mass is 96.0 g/mol. The van der Waals surface area contributed by atoms with Gasteiger partial charge in [0.15, 0.2) is 0 Å². The maximum atomic E-state index is 6.50. The van der Waals surface area contributed by atoms with Crippen LogP contribution in [0, 0.1) is 0 Å². The second-order valence-electron chi connectivity index (χ2n) is 0.793. The van der Waals surface area contributed by atoms with Gasteiger partial charge < -0.3 is 9.44 Å². The lowest BCUT2D eigenvalue weighted by Gasteiger charge is -1.50. The molecule has 2 nitrogen and oxygen atoms in total. The van der Waals surface area contributed by atoms with E-state index in [9.17, 15) is 0 Å². The molecule has 3 heteroatoms. The van der Waals surface area contributed by atoms with Crippen LogP contribution in [0.25, 0.3) is 0 Å². The van der Waals surface area contributed by atoms with Crippen LogP contribution < -0.4 is 0 Å². The smallest absolute Gasteiger partial charge is 0.277 e. The van der Waals surface area contributed by atoms with Crippen LogP contribution in [0.15, 0.2) is 29.1 Å². The SMILES string of the molecule is [B]O.c1ccoc1. The molecule has 0 spiro atoms. The Balaban J connectivity index is 0.000000162. The van der Waals surface area contributed by atoms with Crippen LogP contribution in [-0.4, -0.2) is 13.1 Å². The summed E-state index contributed by atoms with van der Waals surface area (Å²) in [6, 6.07) is 3.67. The van der Waals surface area contributed by atoms with Gasteiger partial charge in [0.05, 0.1) is 12.5 Å². The maximum absolute atomic E-state index is 6.50. The van der Waals surface area contributed by atoms with Gasteiger partial charge in [-0.1, -0.05) is 0 Å². The minimum absolute atomic E-state index is 1.62. The average molecular weight is 95.9 g/mol. The highest BCUT2D eigenvalue weighted by atomic mass is 16.3. The second-order valence-corrected chi connectivity index (χ2v) is 0.793. The molecule has 0 saturated heterocycles. The molecule has 0 saturated carbocycles. The molecule has 1 aromatic rings. The average Bonchev–Trinajstić information content (AvgIpc) is 2.23. The van der Waals surface area contributed by atoms with Gasteiger partial charge in [0.25, 0.3) is 8.05 Å². The first-order chi connectivity index (χ1) is 3.50. The molecule has 0 bridgehead atoms. The molecule has 1 rings (SSSR count). The molecule has 0 aromatic carbocycles. The van der Waals surface area contributed by atoms with Crippen molar-refractivity contribution in [3.05, 3.63) is 24.7 Å². The topological polar surface area (TPSA) is 33.4 Å². The van der Waals surface area contributed by atoms with Gasteiger partial charge in [-0.3, -0.25) is 0 Å². The van der Waals surface area contributed by atoms with Gasteiger partial charge in [-0.25, -0.2) is 0 Å². The Hall–Kier alpha value is -0.695. The highest BCUT2D eigenvalue weighted by Gasteiger charge is 1.58. The normalized spacial score (nSPS) is 6.43. The predicted molar refractivity (Wildman–Crippen MR) is 26.7 cm³/mol. The molecule has 1 aromatic heterocycles. The number of hydrogen-bond donors (Lipinski definition) is 1. The highest BCUT2D eigenvalue weighted by Crippen LogP contribution is 1.79. The minimum Gasteiger partial charge on any atom is -0.473 e. The minimum atomic E-state index is 1.62. The van der Waals surface area contributed by atoms with Crippen molar-refractivity contribution in [2.45, 2.75) is 0 Å². The lowest BCUT2D eigenvalue weighted by molar-refractivity contribution is 0.567. The summed E-state index contributed by atoms with van der Waals surface area (Å²) >= 11 is 0. The molecule has 0 aliphatic rings. The fraction of sp³-hybridized carbons (Fsp3) is 0. The molecule has 0 aliphatic heterocycles. The number of furan rings is 1. The first-order valence-corrected chi connectivity index (χ1v) is 1.73. The summed E-state index contributed by atoms with van der Waals surface area (Å²) in [5.41, 5.74) is 0. The van der Waals surface area contributed by atoms with Crippen molar-refractivity contribution in [1.82, 2.24) is 0 Å². The van der Waals surface area contributed by atoms with E-state index < -0.39 is 0 Å². The van der Waals surface area contributed by atoms with E-state index in [2.05, 4.69) is 12.5 Å². The van der Waals surface area contributed by atoms with Gasteiger partial charge >= 0.3 is 0 Å². The van der Waals surface area contributed by atoms with E-state index in [-0.39, 0.29) is 0 Å². The van der Waals surface area contributed by atoms with Crippen LogP contribution in [-0.2, 0) is 0 Å². The zero-order valence-corrected chi connectivity index (χ0v) is 3.74. The van der Waals surface area contributed by atoms with Crippen LogP contribution in [0.4, 0.5) is 0 Å². The van der Waals surface area contributed by atoms with Crippen LogP contribution >= 0.6 is 0 Å². The molecular weight excluding hydrogens is 90.9 g/mol. The lowest BCUT2D eigenvalue weighted by Crippen LogP contribution is -1.34. The Kier molecular flexibility index (Phi) is 4.78. The van der Waals surface area contributed by atoms with E-state index in [0.29, 0.717) is 0 Å². The molecule has 36 valence electrons. The Morgan fingerprint density at radius 2 is 1.57 bits per heavy atom. The lowest BCUT2D eigenvalue weighted by atomic mass is 10.6. The van der Waals surface area contributed by atoms with E-state index in [0.717, 1.165) is 0 Å². The van der Waals surface area contributed by atoms with Gasteiger partial charge in [-0.15, -0.1) is 0 Å². The van der Waals surface area contributed by atoms with Crippen LogP contribution in [0.3, 0.4) is 0 Å². The van der Waals surface area contributed by atoms with Crippen LogP contribution in [0.1, 0.15) is 0 Å². The quantitative estimate of drug-likeness (QED) is 0.472. The molecule has 1 heterocycles. The fourth-order valence-electron chi connectivity index (χ4n) is 0.227. The molecule has 0 atom stereocenters. The fourth-order valence-corrected chi connectivity index (χ4v) is 0.227. The summed E-state index contributed by atoms with van der Waals surface area (Å²) in [6.07, 6.45) is 3.25. The third-order valence-electron chi connectivity index (χ3n) is 0.425. The molecule has 0 unspecified atom stereocenters. The molecule has 0 amide bonds. The Bertz CT molecular complexity index is 66.2. The van der Waals surface area contributed by atoms with E-state index in [4.69, 9.17) is 5.02 Å². The van der Waals surface area contributed by atoms with Crippen molar-refractivity contribution in [2.75, 3.05) is 0 Å². The molecule has 1 N–H and O–H groups in total. The van der Waals surface area contributed by atoms with E-state index in [1.54, 1.807) is 12.5 Å². The highest BCUT2D eigenvalue weighted by molar-refractivity contribution is 5.95. The summed E-state index contributed by atoms with van der Waals surface area (Å²) < 4.78 is 4.58. The van der Waals surface area contributed by atoms with Gasteiger partial charge in [0.1, 0.15) is 0 Å². The Morgan fingerprint density at radius 3 is 1.71 bits per heavy atom. The van der Waals surface area contributed by atoms with Gasteiger partial charge in [0, 0.05) is 0 Å². The summed E-state index contributed by atoms with van der Waals surface area (Å²) in [7, 11) is 3.50. The molecule has 7 heavy (non-hydrogen) atoms. The third kappa shape index (κ3) is 3.13. The van der Waals surface area contributed by atoms with E-state index in [1.165, 1.54) is 0 Å². The Labute approximate surface area is 43.2 Å². The van der Waals surface area contributed by atoms with E-state index >= 15 is 0 Å². The first-order valence-electron chi connectivity index (χ1n) is 1.73. The van der Waals surface area contributed by atoms with Gasteiger partial charge in [-0.05, 0) is 12.1 Å². The summed E-state index contributed by atoms with van der Waals surface area (Å²) in [5, 5.41) is 6.50. The first kappa shape index (κ1) is 6.30. The zero-order valence-electron chi connectivity index (χ0n) is 3.74. The molecule has 0 aliphatic carbocycles. The predicted octanol–water partition coefficient (Wildman–Crippen LogP) is 0.342. The van der Waals surface area contributed by atoms with Crippen molar-refractivity contribution in [2.24, 2.45) is 0 Å². The second kappa shape index (κ2) is 5.30. The van der Waals surface area contributed by atoms with Crippen LogP contribution in [0.2, 0.25) is 0 Å². The maximum Gasteiger partial charge on any atom is 0.277 e. The largest absolute Gasteiger partial charge is 0.473 e. The number of rotatable bonds is 0. The van der Waals surface area contributed by atoms with Gasteiger partial charge in [0.2, 0.25) is 0 Å². The summed E-state index contributed by atoms with van der Waals surface area (Å²) in [5.74, 6) is 0. The van der Waals surface area contributed by atoms with Crippen molar-refractivity contribution in [3.8, 4) is 0 Å². The van der Waals surface area contributed by atoms with Gasteiger partial charge in [-0.2, -0.15) is 0 Å². The van der Waals surface area contributed by atoms with Crippen LogP contribution in [0.5, 0.6) is 0 Å². The van der Waals surface area contributed by atoms with E-state index in [1.807, 2.05) is 12.1 Å². The zero-order chi connectivity index (χ0) is 5.54. The van der Waals surface area contributed by atoms with Crippen molar-refractivity contribution >= 4 is 8.05 Å². The summed E-state index contributed by atoms with van der Waals surface area (Å²) in [6.45, 7) is 0. The van der Waals surface area contributed by atoms with Crippen molar-refractivity contribution < 1.29 is 9.44 Å². The Morgan fingerprint density at radius 1 is 1.14 bits per heavy atom. The standard InChI is InChI=1S/C4H4O.BHO/c1-2-4-5-3-1;1-2/h1-4H;2H. The van der Waals surface area contributed by atoms with Crippen molar-refractivity contribution in [3.63, 3.8) is 0 Å². The summed E-state index contributed by atoms with van der Waals surface area (Å²) in [4.78, 5) is 0. The third-order valence-corrected chi connectivity index (χ3v) is 0.425. The molecular formula is C4H5BO2. The molecule has 2 radical (unpaired) electrons. The molecule has 0 fully saturated rings.